The number of nitriles is 1. The van der Waals surface area contributed by atoms with Crippen LogP contribution in [0.5, 0.6) is 0 Å². The van der Waals surface area contributed by atoms with E-state index in [1.165, 1.54) is 0 Å². The highest BCUT2D eigenvalue weighted by Crippen LogP contribution is 2.28. The third-order valence-corrected chi connectivity index (χ3v) is 4.02. The summed E-state index contributed by atoms with van der Waals surface area (Å²) in [5.74, 6) is 1.32. The van der Waals surface area contributed by atoms with E-state index in [4.69, 9.17) is 5.73 Å². The average Bonchev–Trinajstić information content (AvgIpc) is 2.74. The van der Waals surface area contributed by atoms with Crippen LogP contribution in [0, 0.1) is 31.1 Å². The number of nitrogens with zero attached hydrogens (tertiary/aromatic N) is 3. The van der Waals surface area contributed by atoms with Crippen LogP contribution < -0.4 is 10.6 Å². The van der Waals surface area contributed by atoms with Crippen molar-refractivity contribution in [3.8, 4) is 6.07 Å². The Bertz CT molecular complexity index is 504. The van der Waals surface area contributed by atoms with Crippen molar-refractivity contribution in [1.82, 2.24) is 4.98 Å². The number of hydrogen-bond acceptors (Lipinski definition) is 4. The van der Waals surface area contributed by atoms with E-state index in [-0.39, 0.29) is 6.04 Å². The molecular weight excluding hydrogens is 236 g/mol. The smallest absolute Gasteiger partial charge is 0.146 e. The molecule has 2 atom stereocenters. The Hall–Kier alpha value is -1.60. The average molecular weight is 258 g/mol. The zero-order chi connectivity index (χ0) is 14.0. The summed E-state index contributed by atoms with van der Waals surface area (Å²) in [6.45, 7) is 7.88. The van der Waals surface area contributed by atoms with Gasteiger partial charge >= 0.3 is 0 Å². The van der Waals surface area contributed by atoms with Crippen LogP contribution in [0.1, 0.15) is 36.6 Å². The molecule has 2 N–H and O–H groups in total. The van der Waals surface area contributed by atoms with E-state index in [0.29, 0.717) is 11.5 Å². The first-order valence-electron chi connectivity index (χ1n) is 6.95. The van der Waals surface area contributed by atoms with Gasteiger partial charge in [0, 0.05) is 24.8 Å². The molecule has 0 aliphatic carbocycles. The largest absolute Gasteiger partial charge is 0.354 e. The molecule has 1 aromatic heterocycles. The maximum absolute atomic E-state index is 9.28. The lowest BCUT2D eigenvalue weighted by Gasteiger charge is -2.19. The summed E-state index contributed by atoms with van der Waals surface area (Å²) < 4.78 is 0. The molecule has 1 saturated heterocycles. The third-order valence-electron chi connectivity index (χ3n) is 4.02. The minimum Gasteiger partial charge on any atom is -0.354 e. The Kier molecular flexibility index (Phi) is 4.06. The maximum Gasteiger partial charge on any atom is 0.146 e. The van der Waals surface area contributed by atoms with Gasteiger partial charge in [-0.2, -0.15) is 5.26 Å². The maximum atomic E-state index is 9.28. The lowest BCUT2D eigenvalue weighted by Crippen LogP contribution is -2.30. The first-order valence-corrected chi connectivity index (χ1v) is 6.95. The number of nitrogens with two attached hydrogens (primary N) is 1. The lowest BCUT2D eigenvalue weighted by atomic mass is 9.99. The molecule has 1 aromatic rings. The molecule has 0 spiro atoms. The fourth-order valence-corrected chi connectivity index (χ4v) is 2.76. The molecule has 19 heavy (non-hydrogen) atoms. The fourth-order valence-electron chi connectivity index (χ4n) is 2.76. The third kappa shape index (κ3) is 2.71. The summed E-state index contributed by atoms with van der Waals surface area (Å²) in [6, 6.07) is 4.37. The molecule has 2 heterocycles. The van der Waals surface area contributed by atoms with E-state index < -0.39 is 0 Å². The van der Waals surface area contributed by atoms with Crippen molar-refractivity contribution in [1.29, 1.82) is 5.26 Å². The van der Waals surface area contributed by atoms with E-state index in [9.17, 15) is 5.26 Å². The van der Waals surface area contributed by atoms with Gasteiger partial charge in [0.05, 0.1) is 5.56 Å². The first-order chi connectivity index (χ1) is 9.06. The van der Waals surface area contributed by atoms with Crippen LogP contribution in [0.3, 0.4) is 0 Å². The SMILES string of the molecule is CCC[C@H]1CN(c2nc(C)c(C)cc2C#N)C[C@@H]1N. The van der Waals surface area contributed by atoms with Gasteiger partial charge in [-0.05, 0) is 37.8 Å². The summed E-state index contributed by atoms with van der Waals surface area (Å²) in [5.41, 5.74) is 8.91. The predicted molar refractivity (Wildman–Crippen MR) is 77.0 cm³/mol. The van der Waals surface area contributed by atoms with Gasteiger partial charge in [-0.15, -0.1) is 0 Å². The van der Waals surface area contributed by atoms with E-state index >= 15 is 0 Å². The number of aryl methyl sites for hydroxylation is 2. The quantitative estimate of drug-likeness (QED) is 0.902. The van der Waals surface area contributed by atoms with E-state index in [1.54, 1.807) is 0 Å². The molecule has 2 rings (SSSR count). The number of anilines is 1. The normalized spacial score (nSPS) is 22.6. The van der Waals surface area contributed by atoms with Gasteiger partial charge in [0.2, 0.25) is 0 Å². The van der Waals surface area contributed by atoms with Crippen LogP contribution in [0.15, 0.2) is 6.07 Å². The van der Waals surface area contributed by atoms with Gasteiger partial charge in [0.25, 0.3) is 0 Å². The molecule has 4 nitrogen and oxygen atoms in total. The molecule has 1 aliphatic heterocycles. The number of pyridine rings is 1. The van der Waals surface area contributed by atoms with E-state index in [0.717, 1.165) is 43.0 Å². The predicted octanol–water partition coefficient (Wildman–Crippen LogP) is 2.13. The first kappa shape index (κ1) is 13.8. The molecule has 0 saturated carbocycles. The molecule has 1 fully saturated rings. The van der Waals surface area contributed by atoms with Crippen LogP contribution in [0.25, 0.3) is 0 Å². The second-order valence-corrected chi connectivity index (χ2v) is 5.49. The van der Waals surface area contributed by atoms with Crippen LogP contribution >= 0.6 is 0 Å². The lowest BCUT2D eigenvalue weighted by molar-refractivity contribution is 0.472. The van der Waals surface area contributed by atoms with Crippen molar-refractivity contribution < 1.29 is 0 Å². The van der Waals surface area contributed by atoms with Crippen molar-refractivity contribution in [2.45, 2.75) is 39.7 Å². The Balaban J connectivity index is 2.28. The van der Waals surface area contributed by atoms with Crippen molar-refractivity contribution in [3.63, 3.8) is 0 Å². The second kappa shape index (κ2) is 5.58. The van der Waals surface area contributed by atoms with Crippen molar-refractivity contribution in [2.75, 3.05) is 18.0 Å². The highest BCUT2D eigenvalue weighted by atomic mass is 15.2. The molecule has 0 amide bonds. The van der Waals surface area contributed by atoms with Crippen molar-refractivity contribution in [2.24, 2.45) is 11.7 Å². The van der Waals surface area contributed by atoms with Gasteiger partial charge in [-0.25, -0.2) is 4.98 Å². The Morgan fingerprint density at radius 3 is 2.84 bits per heavy atom. The van der Waals surface area contributed by atoms with Crippen LogP contribution in [-0.4, -0.2) is 24.1 Å². The van der Waals surface area contributed by atoms with Gasteiger partial charge in [-0.3, -0.25) is 0 Å². The molecule has 1 aliphatic rings. The van der Waals surface area contributed by atoms with Gasteiger partial charge < -0.3 is 10.6 Å². The molecular formula is C15H22N4. The molecule has 0 aromatic carbocycles. The second-order valence-electron chi connectivity index (χ2n) is 5.49. The molecule has 4 heteroatoms. The summed E-state index contributed by atoms with van der Waals surface area (Å²) in [7, 11) is 0. The summed E-state index contributed by atoms with van der Waals surface area (Å²) in [4.78, 5) is 6.78. The topological polar surface area (TPSA) is 65.9 Å². The molecule has 0 unspecified atom stereocenters. The summed E-state index contributed by atoms with van der Waals surface area (Å²) in [6.07, 6.45) is 2.29. The Labute approximate surface area is 115 Å². The standard InChI is InChI=1S/C15H22N4/c1-4-5-12-8-19(9-14(12)17)15-13(7-16)6-10(2)11(3)18-15/h6,12,14H,4-5,8-9,17H2,1-3H3/t12-,14-/m0/s1. The van der Waals surface area contributed by atoms with Crippen LogP contribution in [0.2, 0.25) is 0 Å². The zero-order valence-corrected chi connectivity index (χ0v) is 12.0. The van der Waals surface area contributed by atoms with Gasteiger partial charge in [-0.1, -0.05) is 13.3 Å². The highest BCUT2D eigenvalue weighted by Gasteiger charge is 2.31. The van der Waals surface area contributed by atoms with Crippen LogP contribution in [0.4, 0.5) is 5.82 Å². The Morgan fingerprint density at radius 2 is 2.21 bits per heavy atom. The number of rotatable bonds is 3. The van der Waals surface area contributed by atoms with Crippen LogP contribution in [-0.2, 0) is 0 Å². The van der Waals surface area contributed by atoms with E-state index in [1.807, 2.05) is 19.9 Å². The fraction of sp³-hybridized carbons (Fsp3) is 0.600. The minimum absolute atomic E-state index is 0.190. The molecule has 102 valence electrons. The monoisotopic (exact) mass is 258 g/mol. The molecule has 0 radical (unpaired) electrons. The van der Waals surface area contributed by atoms with Gasteiger partial charge in [0.1, 0.15) is 11.9 Å². The Morgan fingerprint density at radius 1 is 1.47 bits per heavy atom. The van der Waals surface area contributed by atoms with Crippen molar-refractivity contribution >= 4 is 5.82 Å². The molecule has 0 bridgehead atoms. The summed E-state index contributed by atoms with van der Waals surface area (Å²) >= 11 is 0. The number of hydrogen-bond donors (Lipinski definition) is 1. The van der Waals surface area contributed by atoms with Gasteiger partial charge in [0.15, 0.2) is 0 Å². The van der Waals surface area contributed by atoms with E-state index in [2.05, 4.69) is 22.9 Å². The highest BCUT2D eigenvalue weighted by molar-refractivity contribution is 5.56. The zero-order valence-electron chi connectivity index (χ0n) is 12.0. The van der Waals surface area contributed by atoms with Crippen molar-refractivity contribution in [3.05, 3.63) is 22.9 Å². The summed E-state index contributed by atoms with van der Waals surface area (Å²) in [5, 5.41) is 9.28. The minimum atomic E-state index is 0.190. The number of aromatic nitrogens is 1.